The molecule has 1 N–H and O–H groups in total. The summed E-state index contributed by atoms with van der Waals surface area (Å²) in [7, 11) is 0. The van der Waals surface area contributed by atoms with Gasteiger partial charge >= 0.3 is 4.87 Å². The topological polar surface area (TPSA) is 85.4 Å². The van der Waals surface area contributed by atoms with Crippen molar-refractivity contribution < 1.29 is 10.0 Å². The monoisotopic (exact) mass is 252 g/mol. The van der Waals surface area contributed by atoms with Crippen LogP contribution in [0.1, 0.15) is 5.56 Å². The van der Waals surface area contributed by atoms with Crippen LogP contribution in [0.3, 0.4) is 0 Å². The first-order valence-electron chi connectivity index (χ1n) is 4.68. The number of nitrogens with zero attached hydrogens (tertiary/aromatic N) is 2. The van der Waals surface area contributed by atoms with Crippen LogP contribution in [0.5, 0.6) is 5.88 Å². The smallest absolute Gasteiger partial charge is 0.310 e. The Labute approximate surface area is 99.5 Å². The summed E-state index contributed by atoms with van der Waals surface area (Å²) in [5.41, 5.74) is 0.556. The van der Waals surface area contributed by atoms with Gasteiger partial charge in [0.1, 0.15) is 0 Å². The number of non-ortho nitro benzene ring substituents is 1. The van der Waals surface area contributed by atoms with Crippen LogP contribution in [0, 0.1) is 10.1 Å². The number of nitro benzene ring substituents is 1. The molecule has 17 heavy (non-hydrogen) atoms. The molecule has 2 aromatic rings. The van der Waals surface area contributed by atoms with Crippen molar-refractivity contribution in [3.8, 4) is 5.88 Å². The molecule has 7 heteroatoms. The molecule has 0 saturated heterocycles. The first kappa shape index (κ1) is 11.3. The van der Waals surface area contributed by atoms with E-state index < -0.39 is 4.92 Å². The third-order valence-electron chi connectivity index (χ3n) is 2.22. The number of nitro groups is 1. The molecule has 0 fully saturated rings. The van der Waals surface area contributed by atoms with Gasteiger partial charge in [0.15, 0.2) is 0 Å². The predicted molar refractivity (Wildman–Crippen MR) is 62.4 cm³/mol. The molecular weight excluding hydrogens is 244 g/mol. The van der Waals surface area contributed by atoms with Gasteiger partial charge in [-0.25, -0.2) is 0 Å². The zero-order valence-electron chi connectivity index (χ0n) is 8.57. The first-order chi connectivity index (χ1) is 8.08. The van der Waals surface area contributed by atoms with E-state index in [1.165, 1.54) is 17.5 Å². The minimum atomic E-state index is -0.500. The van der Waals surface area contributed by atoms with E-state index in [2.05, 4.69) is 0 Å². The van der Waals surface area contributed by atoms with E-state index in [9.17, 15) is 20.0 Å². The zero-order valence-corrected chi connectivity index (χ0v) is 9.38. The number of aromatic hydroxyl groups is 1. The lowest BCUT2D eigenvalue weighted by Crippen LogP contribution is -2.13. The van der Waals surface area contributed by atoms with Crippen LogP contribution >= 0.6 is 11.3 Å². The molecular formula is C10H8N2O4S. The molecule has 0 bridgehead atoms. The molecule has 0 saturated carbocycles. The summed E-state index contributed by atoms with van der Waals surface area (Å²) in [4.78, 5) is 21.1. The second-order valence-electron chi connectivity index (χ2n) is 3.37. The minimum absolute atomic E-state index is 0.0368. The van der Waals surface area contributed by atoms with Crippen molar-refractivity contribution in [1.29, 1.82) is 0 Å². The molecule has 0 unspecified atom stereocenters. The highest BCUT2D eigenvalue weighted by atomic mass is 32.1. The third kappa shape index (κ3) is 2.34. The zero-order chi connectivity index (χ0) is 12.4. The van der Waals surface area contributed by atoms with Gasteiger partial charge < -0.3 is 5.11 Å². The van der Waals surface area contributed by atoms with Crippen molar-refractivity contribution in [1.82, 2.24) is 4.57 Å². The summed E-state index contributed by atoms with van der Waals surface area (Å²) in [6.45, 7) is 0.121. The number of thiazole rings is 1. The molecule has 0 aliphatic rings. The third-order valence-corrected chi connectivity index (χ3v) is 2.97. The number of benzene rings is 1. The van der Waals surface area contributed by atoms with E-state index in [4.69, 9.17) is 0 Å². The molecule has 1 heterocycles. The van der Waals surface area contributed by atoms with Gasteiger partial charge in [0.05, 0.1) is 16.8 Å². The highest BCUT2D eigenvalue weighted by Gasteiger charge is 2.09. The Morgan fingerprint density at radius 2 is 2.24 bits per heavy atom. The average Bonchev–Trinajstić information content (AvgIpc) is 2.61. The highest BCUT2D eigenvalue weighted by molar-refractivity contribution is 7.07. The lowest BCUT2D eigenvalue weighted by molar-refractivity contribution is -0.384. The van der Waals surface area contributed by atoms with Gasteiger partial charge in [0.25, 0.3) is 5.69 Å². The molecule has 0 aliphatic carbocycles. The number of aromatic nitrogens is 1. The largest absolute Gasteiger partial charge is 0.494 e. The van der Waals surface area contributed by atoms with Crippen molar-refractivity contribution in [3.63, 3.8) is 0 Å². The Bertz CT molecular complexity index is 617. The molecule has 2 rings (SSSR count). The van der Waals surface area contributed by atoms with Gasteiger partial charge in [-0.05, 0) is 5.56 Å². The second-order valence-corrected chi connectivity index (χ2v) is 4.19. The first-order valence-corrected chi connectivity index (χ1v) is 5.56. The molecule has 0 atom stereocenters. The fourth-order valence-electron chi connectivity index (χ4n) is 1.42. The van der Waals surface area contributed by atoms with Crippen LogP contribution in [0.25, 0.3) is 0 Å². The van der Waals surface area contributed by atoms with Crippen molar-refractivity contribution in [2.75, 3.05) is 0 Å². The Kier molecular flexibility index (Phi) is 2.92. The van der Waals surface area contributed by atoms with Crippen molar-refractivity contribution in [2.24, 2.45) is 0 Å². The molecule has 88 valence electrons. The van der Waals surface area contributed by atoms with Gasteiger partial charge in [-0.3, -0.25) is 19.5 Å². The molecule has 0 amide bonds. The maximum absolute atomic E-state index is 11.4. The normalized spacial score (nSPS) is 10.4. The molecule has 6 nitrogen and oxygen atoms in total. The Hall–Kier alpha value is -2.15. The van der Waals surface area contributed by atoms with E-state index in [-0.39, 0.29) is 23.0 Å². The minimum Gasteiger partial charge on any atom is -0.494 e. The van der Waals surface area contributed by atoms with E-state index in [1.54, 1.807) is 12.1 Å². The lowest BCUT2D eigenvalue weighted by atomic mass is 10.2. The summed E-state index contributed by atoms with van der Waals surface area (Å²) >= 11 is 0.884. The lowest BCUT2D eigenvalue weighted by Gasteiger charge is -2.03. The number of hydrogen-bond donors (Lipinski definition) is 1. The number of rotatable bonds is 3. The molecule has 1 aromatic carbocycles. The summed E-state index contributed by atoms with van der Waals surface area (Å²) in [5.74, 6) is -0.133. The molecule has 1 aromatic heterocycles. The van der Waals surface area contributed by atoms with Crippen LogP contribution in [-0.4, -0.2) is 14.6 Å². The van der Waals surface area contributed by atoms with E-state index in [1.807, 2.05) is 0 Å². The van der Waals surface area contributed by atoms with Gasteiger partial charge in [-0.2, -0.15) is 0 Å². The quantitative estimate of drug-likeness (QED) is 0.663. The SMILES string of the molecule is O=c1scc(O)n1Cc1cccc([N+](=O)[O-])c1. The van der Waals surface area contributed by atoms with Crippen LogP contribution < -0.4 is 4.87 Å². The maximum atomic E-state index is 11.4. The molecule has 0 spiro atoms. The summed E-state index contributed by atoms with van der Waals surface area (Å²) in [6.07, 6.45) is 0. The summed E-state index contributed by atoms with van der Waals surface area (Å²) in [6, 6.07) is 5.96. The van der Waals surface area contributed by atoms with Crippen molar-refractivity contribution in [3.05, 3.63) is 55.0 Å². The van der Waals surface area contributed by atoms with Gasteiger partial charge in [0, 0.05) is 12.1 Å². The summed E-state index contributed by atoms with van der Waals surface area (Å²) in [5, 5.41) is 21.3. The Morgan fingerprint density at radius 1 is 1.47 bits per heavy atom. The van der Waals surface area contributed by atoms with Crippen molar-refractivity contribution >= 4 is 17.0 Å². The standard InChI is InChI=1S/C10H8N2O4S/c13-9-6-17-10(14)11(9)5-7-2-1-3-8(4-7)12(15)16/h1-4,6,13H,5H2. The second kappa shape index (κ2) is 4.38. The fourth-order valence-corrected chi connectivity index (χ4v) is 2.04. The van der Waals surface area contributed by atoms with Crippen LogP contribution in [-0.2, 0) is 6.54 Å². The van der Waals surface area contributed by atoms with Gasteiger partial charge in [0.2, 0.25) is 5.88 Å². The van der Waals surface area contributed by atoms with E-state index in [0.29, 0.717) is 5.56 Å². The fraction of sp³-hybridized carbons (Fsp3) is 0.100. The highest BCUT2D eigenvalue weighted by Crippen LogP contribution is 2.16. The van der Waals surface area contributed by atoms with Crippen LogP contribution in [0.4, 0.5) is 5.69 Å². The summed E-state index contributed by atoms with van der Waals surface area (Å²) < 4.78 is 1.16. The van der Waals surface area contributed by atoms with Gasteiger partial charge in [-0.1, -0.05) is 23.5 Å². The predicted octanol–water partition coefficient (Wildman–Crippen LogP) is 1.57. The average molecular weight is 252 g/mol. The number of hydrogen-bond acceptors (Lipinski definition) is 5. The van der Waals surface area contributed by atoms with Crippen molar-refractivity contribution in [2.45, 2.75) is 6.54 Å². The molecule has 0 aliphatic heterocycles. The molecule has 0 radical (unpaired) electrons. The van der Waals surface area contributed by atoms with E-state index in [0.717, 1.165) is 15.9 Å². The van der Waals surface area contributed by atoms with E-state index >= 15 is 0 Å². The maximum Gasteiger partial charge on any atom is 0.310 e. The van der Waals surface area contributed by atoms with Crippen LogP contribution in [0.15, 0.2) is 34.4 Å². The Balaban J connectivity index is 2.34. The van der Waals surface area contributed by atoms with Gasteiger partial charge in [-0.15, -0.1) is 0 Å². The van der Waals surface area contributed by atoms with Crippen LogP contribution in [0.2, 0.25) is 0 Å². The Morgan fingerprint density at radius 3 is 2.82 bits per heavy atom.